The number of rotatable bonds is 14. The number of alkyl carbamates (subject to hydrolysis) is 1. The monoisotopic (exact) mass is 547 g/mol. The van der Waals surface area contributed by atoms with Gasteiger partial charge in [-0.15, -0.1) is 0 Å². The second kappa shape index (κ2) is 15.7. The molecule has 1 amide bonds. The maximum absolute atomic E-state index is 13.0. The van der Waals surface area contributed by atoms with Crippen molar-refractivity contribution < 1.29 is 38.1 Å². The van der Waals surface area contributed by atoms with Crippen LogP contribution in [0.1, 0.15) is 27.9 Å². The lowest BCUT2D eigenvalue weighted by Crippen LogP contribution is -2.48. The summed E-state index contributed by atoms with van der Waals surface area (Å²) in [6.07, 6.45) is -1.88. The summed E-state index contributed by atoms with van der Waals surface area (Å²) < 4.78 is 27.0. The zero-order valence-corrected chi connectivity index (χ0v) is 22.5. The van der Waals surface area contributed by atoms with Gasteiger partial charge in [0, 0.05) is 12.0 Å². The average Bonchev–Trinajstić information content (AvgIpc) is 3.00. The SMILES string of the molecule is C=C(C[C@H](OC(=O)c1ccccc1)[C@H](COCc1ccc(OC)cc1)NC(=O)OCc1ccccc1)C(=O)OC. The first-order valence-corrected chi connectivity index (χ1v) is 12.6. The number of carbonyl (C=O) groups is 3. The third-order valence-corrected chi connectivity index (χ3v) is 5.88. The molecule has 0 aromatic heterocycles. The Bertz CT molecular complexity index is 1250. The van der Waals surface area contributed by atoms with Crippen molar-refractivity contribution in [2.45, 2.75) is 31.8 Å². The van der Waals surface area contributed by atoms with Crippen molar-refractivity contribution >= 4 is 18.0 Å². The number of esters is 2. The first-order valence-electron chi connectivity index (χ1n) is 12.6. The largest absolute Gasteiger partial charge is 0.497 e. The lowest BCUT2D eigenvalue weighted by Gasteiger charge is -2.28. The van der Waals surface area contributed by atoms with Gasteiger partial charge in [0.25, 0.3) is 0 Å². The summed E-state index contributed by atoms with van der Waals surface area (Å²) >= 11 is 0. The van der Waals surface area contributed by atoms with Gasteiger partial charge >= 0.3 is 18.0 Å². The van der Waals surface area contributed by atoms with Crippen molar-refractivity contribution in [1.82, 2.24) is 5.32 Å². The van der Waals surface area contributed by atoms with Crippen LogP contribution >= 0.6 is 0 Å². The van der Waals surface area contributed by atoms with Crippen LogP contribution in [0.15, 0.2) is 97.1 Å². The quantitative estimate of drug-likeness (QED) is 0.173. The topological polar surface area (TPSA) is 109 Å². The van der Waals surface area contributed by atoms with Crippen molar-refractivity contribution in [3.63, 3.8) is 0 Å². The van der Waals surface area contributed by atoms with Gasteiger partial charge < -0.3 is 29.0 Å². The summed E-state index contributed by atoms with van der Waals surface area (Å²) in [7, 11) is 2.81. The van der Waals surface area contributed by atoms with E-state index in [0.717, 1.165) is 11.1 Å². The molecule has 0 heterocycles. The van der Waals surface area contributed by atoms with Crippen molar-refractivity contribution in [3.05, 3.63) is 114 Å². The number of hydrogen-bond donors (Lipinski definition) is 1. The molecular weight excluding hydrogens is 514 g/mol. The highest BCUT2D eigenvalue weighted by atomic mass is 16.6. The van der Waals surface area contributed by atoms with E-state index in [1.165, 1.54) is 7.11 Å². The van der Waals surface area contributed by atoms with Crippen molar-refractivity contribution in [1.29, 1.82) is 0 Å². The molecule has 9 heteroatoms. The third-order valence-electron chi connectivity index (χ3n) is 5.88. The molecule has 210 valence electrons. The molecule has 0 saturated carbocycles. The molecule has 0 unspecified atom stereocenters. The predicted molar refractivity (Wildman–Crippen MR) is 148 cm³/mol. The number of benzene rings is 3. The number of hydrogen-bond acceptors (Lipinski definition) is 8. The van der Waals surface area contributed by atoms with E-state index >= 15 is 0 Å². The minimum atomic E-state index is -1.03. The number of ether oxygens (including phenoxy) is 5. The Hall–Kier alpha value is -4.63. The van der Waals surface area contributed by atoms with E-state index in [2.05, 4.69) is 11.9 Å². The smallest absolute Gasteiger partial charge is 0.407 e. The average molecular weight is 548 g/mol. The Morgan fingerprint density at radius 3 is 2.08 bits per heavy atom. The first kappa shape index (κ1) is 29.9. The van der Waals surface area contributed by atoms with Crippen molar-refractivity contribution in [2.75, 3.05) is 20.8 Å². The van der Waals surface area contributed by atoms with Gasteiger partial charge in [-0.25, -0.2) is 14.4 Å². The number of amides is 1. The van der Waals surface area contributed by atoms with Gasteiger partial charge in [0.2, 0.25) is 0 Å². The Labute approximate surface area is 233 Å². The molecule has 0 fully saturated rings. The minimum Gasteiger partial charge on any atom is -0.497 e. The minimum absolute atomic E-state index is 0.0371. The zero-order valence-electron chi connectivity index (χ0n) is 22.5. The third kappa shape index (κ3) is 9.59. The maximum Gasteiger partial charge on any atom is 0.407 e. The highest BCUT2D eigenvalue weighted by molar-refractivity contribution is 5.90. The van der Waals surface area contributed by atoms with Crippen LogP contribution in [0.2, 0.25) is 0 Å². The van der Waals surface area contributed by atoms with Crippen molar-refractivity contribution in [2.24, 2.45) is 0 Å². The van der Waals surface area contributed by atoms with E-state index in [0.29, 0.717) is 11.3 Å². The molecule has 40 heavy (non-hydrogen) atoms. The fourth-order valence-corrected chi connectivity index (χ4v) is 3.70. The van der Waals surface area contributed by atoms with E-state index in [1.54, 1.807) is 49.6 Å². The van der Waals surface area contributed by atoms with Gasteiger partial charge in [-0.2, -0.15) is 0 Å². The normalized spacial score (nSPS) is 11.9. The second-order valence-corrected chi connectivity index (χ2v) is 8.78. The maximum atomic E-state index is 13.0. The summed E-state index contributed by atoms with van der Waals surface area (Å²) in [5, 5.41) is 2.73. The molecule has 0 aliphatic heterocycles. The Morgan fingerprint density at radius 1 is 0.825 bits per heavy atom. The molecule has 3 rings (SSSR count). The van der Waals surface area contributed by atoms with Crippen LogP contribution < -0.4 is 10.1 Å². The van der Waals surface area contributed by atoms with Gasteiger partial charge in [-0.1, -0.05) is 67.2 Å². The zero-order chi connectivity index (χ0) is 28.7. The molecule has 0 aliphatic rings. The first-order chi connectivity index (χ1) is 19.4. The van der Waals surface area contributed by atoms with Crippen LogP contribution in [-0.4, -0.2) is 51.0 Å². The highest BCUT2D eigenvalue weighted by Crippen LogP contribution is 2.18. The van der Waals surface area contributed by atoms with Gasteiger partial charge in [-0.05, 0) is 35.4 Å². The molecule has 1 N–H and O–H groups in total. The number of methoxy groups -OCH3 is 2. The Balaban J connectivity index is 1.78. The van der Waals surface area contributed by atoms with Crippen LogP contribution in [0.3, 0.4) is 0 Å². The lowest BCUT2D eigenvalue weighted by atomic mass is 10.0. The fourth-order valence-electron chi connectivity index (χ4n) is 3.70. The number of nitrogens with one attached hydrogen (secondary N) is 1. The molecule has 0 bridgehead atoms. The molecular formula is C31H33NO8. The summed E-state index contributed by atoms with van der Waals surface area (Å²) in [6, 6.07) is 24.0. The van der Waals surface area contributed by atoms with Crippen LogP contribution in [0.25, 0.3) is 0 Å². The molecule has 3 aromatic rings. The fraction of sp³-hybridized carbons (Fsp3) is 0.258. The van der Waals surface area contributed by atoms with Crippen LogP contribution in [0.4, 0.5) is 4.79 Å². The van der Waals surface area contributed by atoms with Gasteiger partial charge in [0.1, 0.15) is 18.5 Å². The summed E-state index contributed by atoms with van der Waals surface area (Å²) in [5.74, 6) is -0.591. The summed E-state index contributed by atoms with van der Waals surface area (Å²) in [5.41, 5.74) is 2.03. The standard InChI is InChI=1S/C31H33NO8/c1-22(29(33)37-3)18-28(40-30(34)25-12-8-5-9-13-25)27(21-38-19-24-14-16-26(36-2)17-15-24)32-31(35)39-20-23-10-6-4-7-11-23/h4-17,27-28H,1,18-21H2,2-3H3,(H,32,35)/t27-,28-/m0/s1. The molecule has 0 spiro atoms. The Kier molecular flexibility index (Phi) is 11.7. The van der Waals surface area contributed by atoms with E-state index < -0.39 is 30.2 Å². The van der Waals surface area contributed by atoms with Gasteiger partial charge in [0.05, 0.1) is 39.0 Å². The lowest BCUT2D eigenvalue weighted by molar-refractivity contribution is -0.136. The highest BCUT2D eigenvalue weighted by Gasteiger charge is 2.30. The van der Waals surface area contributed by atoms with E-state index in [1.807, 2.05) is 42.5 Å². The van der Waals surface area contributed by atoms with E-state index in [-0.39, 0.29) is 31.8 Å². The summed E-state index contributed by atoms with van der Waals surface area (Å²) in [4.78, 5) is 37.9. The molecule has 9 nitrogen and oxygen atoms in total. The molecule has 2 atom stereocenters. The van der Waals surface area contributed by atoms with E-state index in [4.69, 9.17) is 23.7 Å². The van der Waals surface area contributed by atoms with Crippen LogP contribution in [-0.2, 0) is 37.0 Å². The predicted octanol–water partition coefficient (Wildman–Crippen LogP) is 4.85. The van der Waals surface area contributed by atoms with Gasteiger partial charge in [0.15, 0.2) is 0 Å². The molecule has 0 aliphatic carbocycles. The van der Waals surface area contributed by atoms with Crippen LogP contribution in [0, 0.1) is 0 Å². The number of carbonyl (C=O) groups excluding carboxylic acids is 3. The molecule has 0 saturated heterocycles. The van der Waals surface area contributed by atoms with Crippen molar-refractivity contribution in [3.8, 4) is 5.75 Å². The van der Waals surface area contributed by atoms with E-state index in [9.17, 15) is 14.4 Å². The van der Waals surface area contributed by atoms with Crippen LogP contribution in [0.5, 0.6) is 5.75 Å². The Morgan fingerprint density at radius 2 is 1.45 bits per heavy atom. The molecule has 0 radical (unpaired) electrons. The second-order valence-electron chi connectivity index (χ2n) is 8.78. The van der Waals surface area contributed by atoms with Gasteiger partial charge in [-0.3, -0.25) is 0 Å². The molecule has 3 aromatic carbocycles. The summed E-state index contributed by atoms with van der Waals surface area (Å²) in [6.45, 7) is 3.95.